The van der Waals surface area contributed by atoms with Crippen LogP contribution in [0.15, 0.2) is 47.2 Å². The van der Waals surface area contributed by atoms with Crippen LogP contribution in [0.1, 0.15) is 0 Å². The molecule has 2 aromatic heterocycles. The number of hydrogen-bond acceptors (Lipinski definition) is 4. The maximum absolute atomic E-state index is 13.7. The molecule has 0 radical (unpaired) electrons. The molecule has 3 aromatic rings. The SMILES string of the molecule is COc1ccc(Nc2ccnc3cc(Br)cnc23)cc1F. The molecule has 0 spiro atoms. The van der Waals surface area contributed by atoms with E-state index in [4.69, 9.17) is 4.74 Å². The molecule has 1 N–H and O–H groups in total. The number of nitrogens with zero attached hydrogens (tertiary/aromatic N) is 2. The molecule has 0 aliphatic carbocycles. The fraction of sp³-hybridized carbons (Fsp3) is 0.0667. The van der Waals surface area contributed by atoms with Crippen LogP contribution in [-0.2, 0) is 0 Å². The fourth-order valence-electron chi connectivity index (χ4n) is 2.01. The number of nitrogens with one attached hydrogen (secondary N) is 1. The Labute approximate surface area is 129 Å². The summed E-state index contributed by atoms with van der Waals surface area (Å²) in [5.41, 5.74) is 2.85. The van der Waals surface area contributed by atoms with Crippen molar-refractivity contribution in [1.82, 2.24) is 9.97 Å². The molecule has 0 unspecified atom stereocenters. The Balaban J connectivity index is 2.00. The van der Waals surface area contributed by atoms with Gasteiger partial charge in [-0.25, -0.2) is 4.39 Å². The Morgan fingerprint density at radius 1 is 1.19 bits per heavy atom. The van der Waals surface area contributed by atoms with Crippen LogP contribution in [0.3, 0.4) is 0 Å². The third-order valence-electron chi connectivity index (χ3n) is 2.97. The Hall–Kier alpha value is -2.21. The smallest absolute Gasteiger partial charge is 0.167 e. The molecule has 106 valence electrons. The Morgan fingerprint density at radius 3 is 2.81 bits per heavy atom. The molecule has 0 aliphatic rings. The van der Waals surface area contributed by atoms with E-state index in [1.165, 1.54) is 13.2 Å². The van der Waals surface area contributed by atoms with Crippen molar-refractivity contribution in [3.63, 3.8) is 0 Å². The van der Waals surface area contributed by atoms with Gasteiger partial charge in [0.2, 0.25) is 0 Å². The molecular weight excluding hydrogens is 337 g/mol. The standard InChI is InChI=1S/C15H11BrFN3O/c1-21-14-3-2-10(7-11(14)17)20-12-4-5-18-13-6-9(16)8-19-15(12)13/h2-8H,1H3,(H,18,20). The van der Waals surface area contributed by atoms with E-state index in [1.54, 1.807) is 30.6 Å². The van der Waals surface area contributed by atoms with E-state index in [2.05, 4.69) is 31.2 Å². The lowest BCUT2D eigenvalue weighted by Crippen LogP contribution is -1.96. The highest BCUT2D eigenvalue weighted by molar-refractivity contribution is 9.10. The number of halogens is 2. The molecule has 0 bridgehead atoms. The molecule has 6 heteroatoms. The molecule has 4 nitrogen and oxygen atoms in total. The lowest BCUT2D eigenvalue weighted by Gasteiger charge is -2.10. The van der Waals surface area contributed by atoms with Gasteiger partial charge < -0.3 is 10.1 Å². The quantitative estimate of drug-likeness (QED) is 0.767. The molecule has 1 aromatic carbocycles. The third kappa shape index (κ3) is 2.80. The van der Waals surface area contributed by atoms with E-state index < -0.39 is 5.82 Å². The molecule has 0 saturated carbocycles. The Bertz CT molecular complexity index is 810. The lowest BCUT2D eigenvalue weighted by atomic mass is 10.2. The summed E-state index contributed by atoms with van der Waals surface area (Å²) < 4.78 is 19.5. The van der Waals surface area contributed by atoms with E-state index in [-0.39, 0.29) is 5.75 Å². The van der Waals surface area contributed by atoms with Gasteiger partial charge in [0.15, 0.2) is 11.6 Å². The second-order valence-corrected chi connectivity index (χ2v) is 5.27. The number of methoxy groups -OCH3 is 1. The monoisotopic (exact) mass is 347 g/mol. The van der Waals surface area contributed by atoms with Crippen molar-refractivity contribution in [3.05, 3.63) is 53.0 Å². The Kier molecular flexibility index (Phi) is 3.70. The summed E-state index contributed by atoms with van der Waals surface area (Å²) in [5, 5.41) is 3.15. The van der Waals surface area contributed by atoms with Crippen molar-refractivity contribution in [2.45, 2.75) is 0 Å². The van der Waals surface area contributed by atoms with Gasteiger partial charge in [-0.3, -0.25) is 9.97 Å². The Morgan fingerprint density at radius 2 is 2.05 bits per heavy atom. The van der Waals surface area contributed by atoms with Crippen LogP contribution in [0.2, 0.25) is 0 Å². The number of pyridine rings is 2. The van der Waals surface area contributed by atoms with Crippen LogP contribution in [0.25, 0.3) is 11.0 Å². The minimum absolute atomic E-state index is 0.210. The number of rotatable bonds is 3. The molecule has 21 heavy (non-hydrogen) atoms. The molecule has 0 amide bonds. The van der Waals surface area contributed by atoms with Gasteiger partial charge in [0.05, 0.1) is 18.3 Å². The number of ether oxygens (including phenoxy) is 1. The summed E-state index contributed by atoms with van der Waals surface area (Å²) in [5.74, 6) is -0.209. The second kappa shape index (κ2) is 5.65. The summed E-state index contributed by atoms with van der Waals surface area (Å²) in [7, 11) is 1.43. The molecule has 2 heterocycles. The van der Waals surface area contributed by atoms with Crippen LogP contribution in [-0.4, -0.2) is 17.1 Å². The second-order valence-electron chi connectivity index (χ2n) is 4.35. The first kappa shape index (κ1) is 13.8. The van der Waals surface area contributed by atoms with E-state index >= 15 is 0 Å². The first-order chi connectivity index (χ1) is 10.2. The predicted octanol–water partition coefficient (Wildman–Crippen LogP) is 4.28. The highest BCUT2D eigenvalue weighted by Crippen LogP contribution is 2.27. The topological polar surface area (TPSA) is 47.0 Å². The molecule has 0 fully saturated rings. The van der Waals surface area contributed by atoms with Gasteiger partial charge >= 0.3 is 0 Å². The van der Waals surface area contributed by atoms with Crippen LogP contribution in [0, 0.1) is 5.82 Å². The van der Waals surface area contributed by atoms with Crippen molar-refractivity contribution in [2.24, 2.45) is 0 Å². The fourth-order valence-corrected chi connectivity index (χ4v) is 2.33. The maximum atomic E-state index is 13.7. The minimum Gasteiger partial charge on any atom is -0.494 e. The van der Waals surface area contributed by atoms with Crippen LogP contribution in [0.5, 0.6) is 5.75 Å². The average Bonchev–Trinajstić information content (AvgIpc) is 2.47. The van der Waals surface area contributed by atoms with E-state index in [0.717, 1.165) is 21.2 Å². The van der Waals surface area contributed by atoms with Crippen molar-refractivity contribution in [2.75, 3.05) is 12.4 Å². The van der Waals surface area contributed by atoms with Gasteiger partial charge in [0.1, 0.15) is 5.52 Å². The van der Waals surface area contributed by atoms with Crippen molar-refractivity contribution >= 4 is 38.3 Å². The van der Waals surface area contributed by atoms with Gasteiger partial charge in [-0.15, -0.1) is 0 Å². The first-order valence-electron chi connectivity index (χ1n) is 6.18. The number of fused-ring (bicyclic) bond motifs is 1. The molecule has 0 saturated heterocycles. The van der Waals surface area contributed by atoms with Crippen LogP contribution in [0.4, 0.5) is 15.8 Å². The largest absolute Gasteiger partial charge is 0.494 e. The predicted molar refractivity (Wildman–Crippen MR) is 83.5 cm³/mol. The van der Waals surface area contributed by atoms with Gasteiger partial charge in [-0.1, -0.05) is 0 Å². The molecular formula is C15H11BrFN3O. The van der Waals surface area contributed by atoms with Crippen molar-refractivity contribution < 1.29 is 9.13 Å². The van der Waals surface area contributed by atoms with Gasteiger partial charge in [-0.2, -0.15) is 0 Å². The first-order valence-corrected chi connectivity index (χ1v) is 6.97. The highest BCUT2D eigenvalue weighted by Gasteiger charge is 2.07. The summed E-state index contributed by atoms with van der Waals surface area (Å²) in [4.78, 5) is 8.61. The number of anilines is 2. The average molecular weight is 348 g/mol. The number of hydrogen-bond donors (Lipinski definition) is 1. The van der Waals surface area contributed by atoms with Crippen molar-refractivity contribution in [1.29, 1.82) is 0 Å². The van der Waals surface area contributed by atoms with Gasteiger partial charge in [-0.05, 0) is 40.2 Å². The summed E-state index contributed by atoms with van der Waals surface area (Å²) in [6.45, 7) is 0. The van der Waals surface area contributed by atoms with Crippen LogP contribution >= 0.6 is 15.9 Å². The van der Waals surface area contributed by atoms with Gasteiger partial charge in [0.25, 0.3) is 0 Å². The maximum Gasteiger partial charge on any atom is 0.167 e. The molecule has 3 rings (SSSR count). The minimum atomic E-state index is -0.420. The normalized spacial score (nSPS) is 10.6. The zero-order chi connectivity index (χ0) is 14.8. The number of benzene rings is 1. The summed E-state index contributed by atoms with van der Waals surface area (Å²) >= 11 is 3.36. The zero-order valence-electron chi connectivity index (χ0n) is 11.1. The van der Waals surface area contributed by atoms with E-state index in [9.17, 15) is 4.39 Å². The molecule has 0 atom stereocenters. The van der Waals surface area contributed by atoms with E-state index in [1.807, 2.05) is 6.07 Å². The van der Waals surface area contributed by atoms with Crippen LogP contribution < -0.4 is 10.1 Å². The van der Waals surface area contributed by atoms with E-state index in [0.29, 0.717) is 5.69 Å². The third-order valence-corrected chi connectivity index (χ3v) is 3.41. The number of aromatic nitrogens is 2. The highest BCUT2D eigenvalue weighted by atomic mass is 79.9. The lowest BCUT2D eigenvalue weighted by molar-refractivity contribution is 0.386. The summed E-state index contributed by atoms with van der Waals surface area (Å²) in [6.07, 6.45) is 3.38. The van der Waals surface area contributed by atoms with Gasteiger partial charge in [0, 0.05) is 28.6 Å². The van der Waals surface area contributed by atoms with Crippen molar-refractivity contribution in [3.8, 4) is 5.75 Å². The zero-order valence-corrected chi connectivity index (χ0v) is 12.7. The molecule has 0 aliphatic heterocycles. The summed E-state index contributed by atoms with van der Waals surface area (Å²) in [6, 6.07) is 8.37.